The van der Waals surface area contributed by atoms with Gasteiger partial charge in [-0.1, -0.05) is 12.1 Å². The van der Waals surface area contributed by atoms with Crippen molar-refractivity contribution in [2.24, 2.45) is 0 Å². The van der Waals surface area contributed by atoms with Gasteiger partial charge in [-0.25, -0.2) is 0 Å². The number of carbonyl (C=O) groups is 1. The summed E-state index contributed by atoms with van der Waals surface area (Å²) in [5, 5.41) is 3.12. The molecule has 22 heavy (non-hydrogen) atoms. The van der Waals surface area contributed by atoms with Crippen LogP contribution in [0.3, 0.4) is 0 Å². The highest BCUT2D eigenvalue weighted by atomic mass is 16.6. The zero-order chi connectivity index (χ0) is 15.4. The number of benzene rings is 1. The van der Waals surface area contributed by atoms with Gasteiger partial charge in [-0.05, 0) is 37.6 Å². The molecule has 5 nitrogen and oxygen atoms in total. The van der Waals surface area contributed by atoms with Crippen molar-refractivity contribution in [3.05, 3.63) is 52.8 Å². The fourth-order valence-corrected chi connectivity index (χ4v) is 2.87. The fourth-order valence-electron chi connectivity index (χ4n) is 2.87. The van der Waals surface area contributed by atoms with Crippen LogP contribution in [0.2, 0.25) is 0 Å². The van der Waals surface area contributed by atoms with Gasteiger partial charge in [0.1, 0.15) is 6.61 Å². The van der Waals surface area contributed by atoms with Crippen molar-refractivity contribution in [3.8, 4) is 0 Å². The Labute approximate surface area is 130 Å². The summed E-state index contributed by atoms with van der Waals surface area (Å²) in [5.41, 5.74) is 7.85. The topological polar surface area (TPSA) is 66.2 Å². The van der Waals surface area contributed by atoms with Gasteiger partial charge in [0.2, 0.25) is 0 Å². The second-order valence-electron chi connectivity index (χ2n) is 5.57. The zero-order valence-electron chi connectivity index (χ0n) is 12.7. The first-order valence-corrected chi connectivity index (χ1v) is 7.61. The van der Waals surface area contributed by atoms with E-state index in [2.05, 4.69) is 21.8 Å². The van der Waals surface area contributed by atoms with Crippen LogP contribution in [0.15, 0.2) is 30.5 Å². The Morgan fingerprint density at radius 1 is 1.32 bits per heavy atom. The molecule has 1 aromatic heterocycles. The minimum Gasteiger partial charge on any atom is -0.364 e. The molecule has 0 unspecified atom stereocenters. The van der Waals surface area contributed by atoms with Crippen molar-refractivity contribution in [2.75, 3.05) is 12.5 Å². The monoisotopic (exact) mass is 299 g/mol. The number of aromatic amines is 1. The molecule has 0 saturated carbocycles. The number of rotatable bonds is 6. The van der Waals surface area contributed by atoms with Gasteiger partial charge >= 0.3 is 0 Å². The third kappa shape index (κ3) is 3.21. The van der Waals surface area contributed by atoms with Gasteiger partial charge in [-0.15, -0.1) is 0 Å². The van der Waals surface area contributed by atoms with Crippen LogP contribution >= 0.6 is 0 Å². The highest BCUT2D eigenvalue weighted by Crippen LogP contribution is 2.24. The number of aryl methyl sites for hydroxylation is 1. The first kappa shape index (κ1) is 14.8. The van der Waals surface area contributed by atoms with Crippen LogP contribution in [0.5, 0.6) is 0 Å². The summed E-state index contributed by atoms with van der Waals surface area (Å²) in [6.07, 6.45) is 4.40. The molecule has 1 aromatic carbocycles. The highest BCUT2D eigenvalue weighted by Gasteiger charge is 2.22. The average Bonchev–Trinajstić information content (AvgIpc) is 2.93. The maximum absolute atomic E-state index is 12.0. The smallest absolute Gasteiger partial charge is 0.165 e. The number of hydrogen-bond donors (Lipinski definition) is 3. The van der Waals surface area contributed by atoms with Crippen molar-refractivity contribution in [1.82, 2.24) is 10.3 Å². The van der Waals surface area contributed by atoms with Crippen LogP contribution in [-0.2, 0) is 24.4 Å². The number of Topliss-reactive ketones (excluding diaryl/α,β-unsaturated/α-hetero) is 1. The van der Waals surface area contributed by atoms with E-state index in [1.54, 1.807) is 0 Å². The third-order valence-corrected chi connectivity index (χ3v) is 3.88. The summed E-state index contributed by atoms with van der Waals surface area (Å²) in [7, 11) is 1.92. The van der Waals surface area contributed by atoms with Crippen LogP contribution < -0.4 is 10.8 Å². The first-order valence-electron chi connectivity index (χ1n) is 7.61. The molecule has 1 aliphatic carbocycles. The summed E-state index contributed by atoms with van der Waals surface area (Å²) in [4.78, 5) is 20.8. The van der Waals surface area contributed by atoms with Gasteiger partial charge < -0.3 is 10.3 Å². The maximum Gasteiger partial charge on any atom is 0.165 e. The molecule has 116 valence electrons. The quantitative estimate of drug-likeness (QED) is 0.718. The molecule has 0 fully saturated rings. The molecule has 0 saturated heterocycles. The summed E-state index contributed by atoms with van der Waals surface area (Å²) >= 11 is 0. The number of hydrogen-bond acceptors (Lipinski definition) is 4. The Balaban J connectivity index is 1.61. The van der Waals surface area contributed by atoms with Crippen molar-refractivity contribution in [3.63, 3.8) is 0 Å². The van der Waals surface area contributed by atoms with Crippen molar-refractivity contribution < 1.29 is 9.63 Å². The summed E-state index contributed by atoms with van der Waals surface area (Å²) in [5.74, 6) is 0.220. The van der Waals surface area contributed by atoms with Gasteiger partial charge in [0.25, 0.3) is 0 Å². The van der Waals surface area contributed by atoms with Gasteiger partial charge in [0, 0.05) is 36.0 Å². The van der Waals surface area contributed by atoms with E-state index in [0.717, 1.165) is 41.9 Å². The predicted molar refractivity (Wildman–Crippen MR) is 85.7 cm³/mol. The van der Waals surface area contributed by atoms with E-state index in [9.17, 15) is 4.79 Å². The van der Waals surface area contributed by atoms with Gasteiger partial charge in [0.15, 0.2) is 5.78 Å². The Kier molecular flexibility index (Phi) is 4.56. The number of ketones is 1. The summed E-state index contributed by atoms with van der Waals surface area (Å²) < 4.78 is 0. The lowest BCUT2D eigenvalue weighted by Gasteiger charge is -2.12. The second kappa shape index (κ2) is 6.77. The molecule has 0 aliphatic heterocycles. The predicted octanol–water partition coefficient (Wildman–Crippen LogP) is 2.80. The molecular formula is C17H21N3O2. The van der Waals surface area contributed by atoms with E-state index in [0.29, 0.717) is 13.0 Å². The van der Waals surface area contributed by atoms with E-state index in [-0.39, 0.29) is 5.78 Å². The highest BCUT2D eigenvalue weighted by molar-refractivity contribution is 5.99. The van der Waals surface area contributed by atoms with Crippen LogP contribution in [0, 0.1) is 0 Å². The molecule has 2 aromatic rings. The van der Waals surface area contributed by atoms with Crippen LogP contribution in [0.4, 0.5) is 5.69 Å². The second-order valence-corrected chi connectivity index (χ2v) is 5.57. The Bertz CT molecular complexity index is 664. The van der Waals surface area contributed by atoms with E-state index in [1.165, 1.54) is 5.56 Å². The van der Waals surface area contributed by atoms with Crippen LogP contribution in [-0.4, -0.2) is 17.8 Å². The number of aromatic nitrogens is 1. The largest absolute Gasteiger partial charge is 0.364 e. The zero-order valence-corrected chi connectivity index (χ0v) is 12.7. The van der Waals surface area contributed by atoms with Crippen molar-refractivity contribution >= 4 is 11.5 Å². The standard InChI is InChI=1S/C17H21N3O2/c1-18-9-12-4-2-5-14(8-12)20-22-11-13-10-19-15-6-3-7-16(21)17(13)15/h2,4-5,8,10,18-20H,3,6-7,9,11H2,1H3. The number of fused-ring (bicyclic) bond motifs is 1. The van der Waals surface area contributed by atoms with Gasteiger partial charge in [-0.3, -0.25) is 15.1 Å². The molecular weight excluding hydrogens is 278 g/mol. The average molecular weight is 299 g/mol. The van der Waals surface area contributed by atoms with Crippen LogP contribution in [0.1, 0.15) is 40.0 Å². The Hall–Kier alpha value is -2.11. The molecule has 0 spiro atoms. The van der Waals surface area contributed by atoms with Crippen molar-refractivity contribution in [1.29, 1.82) is 0 Å². The van der Waals surface area contributed by atoms with E-state index < -0.39 is 0 Å². The molecule has 0 radical (unpaired) electrons. The third-order valence-electron chi connectivity index (χ3n) is 3.88. The van der Waals surface area contributed by atoms with Gasteiger partial charge in [-0.2, -0.15) is 0 Å². The van der Waals surface area contributed by atoms with E-state index in [1.807, 2.05) is 31.4 Å². The molecule has 3 N–H and O–H groups in total. The number of nitrogens with one attached hydrogen (secondary N) is 3. The molecule has 0 bridgehead atoms. The molecule has 3 rings (SSSR count). The lowest BCUT2D eigenvalue weighted by molar-refractivity contribution is 0.0967. The number of H-pyrrole nitrogens is 1. The van der Waals surface area contributed by atoms with E-state index >= 15 is 0 Å². The summed E-state index contributed by atoms with van der Waals surface area (Å²) in [6.45, 7) is 1.18. The molecule has 0 amide bonds. The normalized spacial score (nSPS) is 14.0. The van der Waals surface area contributed by atoms with Crippen molar-refractivity contribution in [2.45, 2.75) is 32.4 Å². The molecule has 1 aliphatic rings. The fraction of sp³-hybridized carbons (Fsp3) is 0.353. The molecule has 0 atom stereocenters. The molecule has 5 heteroatoms. The summed E-state index contributed by atoms with van der Waals surface area (Å²) in [6, 6.07) is 8.04. The maximum atomic E-state index is 12.0. The molecule has 1 heterocycles. The SMILES string of the molecule is CNCc1cccc(NOCc2c[nH]c3c2C(=O)CCC3)c1. The van der Waals surface area contributed by atoms with E-state index in [4.69, 9.17) is 4.84 Å². The lowest BCUT2D eigenvalue weighted by Crippen LogP contribution is -2.12. The van der Waals surface area contributed by atoms with Gasteiger partial charge in [0.05, 0.1) is 5.69 Å². The minimum atomic E-state index is 0.220. The lowest BCUT2D eigenvalue weighted by atomic mass is 9.94. The minimum absolute atomic E-state index is 0.220. The Morgan fingerprint density at radius 2 is 2.23 bits per heavy atom. The first-order chi connectivity index (χ1) is 10.8. The Morgan fingerprint density at radius 3 is 3.09 bits per heavy atom. The van der Waals surface area contributed by atoms with Crippen LogP contribution in [0.25, 0.3) is 0 Å². The number of anilines is 1. The number of carbonyl (C=O) groups excluding carboxylic acids is 1.